The molecule has 0 saturated carbocycles. The first-order chi connectivity index (χ1) is 19.2. The van der Waals surface area contributed by atoms with E-state index in [-0.39, 0.29) is 28.6 Å². The minimum atomic E-state index is -1.07. The Hall–Kier alpha value is -4.20. The molecule has 6 rings (SSSR count). The van der Waals surface area contributed by atoms with Crippen LogP contribution in [0.4, 0.5) is 0 Å². The van der Waals surface area contributed by atoms with E-state index in [1.807, 2.05) is 38.1 Å². The molecule has 1 radical (unpaired) electrons. The van der Waals surface area contributed by atoms with Crippen molar-refractivity contribution < 1.29 is 46.5 Å². The summed E-state index contributed by atoms with van der Waals surface area (Å²) in [5, 5.41) is 22.1. The van der Waals surface area contributed by atoms with Gasteiger partial charge in [-0.2, -0.15) is 0 Å². The first-order valence-corrected chi connectivity index (χ1v) is 13.2. The van der Waals surface area contributed by atoms with E-state index in [1.165, 1.54) is 0 Å². The molecule has 2 aliphatic rings. The van der Waals surface area contributed by atoms with Crippen molar-refractivity contribution in [2.24, 2.45) is 0 Å². The molecule has 2 aromatic carbocycles. The quantitative estimate of drug-likeness (QED) is 0.248. The molecule has 8 nitrogen and oxygen atoms in total. The Bertz CT molecular complexity index is 1490. The van der Waals surface area contributed by atoms with E-state index >= 15 is 0 Å². The Morgan fingerprint density at radius 2 is 0.927 bits per heavy atom. The fourth-order valence-corrected chi connectivity index (χ4v) is 5.47. The van der Waals surface area contributed by atoms with Gasteiger partial charge in [-0.3, -0.25) is 9.59 Å². The maximum Gasteiger partial charge on any atom is 2.00 e. The number of aromatic nitrogens is 2. The summed E-state index contributed by atoms with van der Waals surface area (Å²) in [6.45, 7) is 5.03. The van der Waals surface area contributed by atoms with Crippen LogP contribution in [0.5, 0.6) is 0 Å². The number of hydrogen-bond donors (Lipinski definition) is 0. The predicted octanol–water partition coefficient (Wildman–Crippen LogP) is 2.53. The number of rotatable bonds is 6. The molecule has 0 saturated heterocycles. The van der Waals surface area contributed by atoms with Crippen LogP contribution in [0.25, 0.3) is 0 Å². The van der Waals surface area contributed by atoms with Crippen molar-refractivity contribution >= 4 is 23.5 Å². The fraction of sp³-hybridized carbons (Fsp3) is 0.250. The number of ketones is 2. The van der Waals surface area contributed by atoms with Crippen LogP contribution in [0.15, 0.2) is 72.8 Å². The summed E-state index contributed by atoms with van der Waals surface area (Å²) in [5.41, 5.74) is 5.86. The van der Waals surface area contributed by atoms with Crippen molar-refractivity contribution in [1.29, 1.82) is 0 Å². The maximum absolute atomic E-state index is 12.5. The molecule has 0 bridgehead atoms. The van der Waals surface area contributed by atoms with Gasteiger partial charge >= 0.3 is 17.1 Å². The summed E-state index contributed by atoms with van der Waals surface area (Å²) in [7, 11) is 0. The second kappa shape index (κ2) is 12.1. The SMILES string of the molecule is Cc1ccc(C(=O)c2ccc3n2CCC3C(=O)[O-])cc1.Cc1ccc(C(=O)c2ccc3n2CCC3C(=O)[O-])cc1.[Cu+2]. The second-order valence-corrected chi connectivity index (χ2v) is 10.3. The van der Waals surface area contributed by atoms with E-state index in [1.54, 1.807) is 57.7 Å². The largest absolute Gasteiger partial charge is 2.00 e. The average Bonchev–Trinajstić information content (AvgIpc) is 3.70. The van der Waals surface area contributed by atoms with Gasteiger partial charge in [0, 0.05) is 47.4 Å². The third-order valence-corrected chi connectivity index (χ3v) is 7.69. The van der Waals surface area contributed by atoms with Gasteiger partial charge < -0.3 is 28.9 Å². The number of aliphatic carboxylic acids is 2. The van der Waals surface area contributed by atoms with Gasteiger partial charge in [0.1, 0.15) is 0 Å². The van der Waals surface area contributed by atoms with Crippen molar-refractivity contribution in [3.8, 4) is 0 Å². The van der Waals surface area contributed by atoms with Gasteiger partial charge in [0.15, 0.2) is 0 Å². The minimum Gasteiger partial charge on any atom is -0.549 e. The number of carbonyl (C=O) groups is 4. The predicted molar refractivity (Wildman–Crippen MR) is 143 cm³/mol. The standard InChI is InChI=1S/2C16H15NO3.Cu/c2*1-10-2-4-11(5-3-10)15(18)14-7-6-13-12(16(19)20)8-9-17(13)14;/h2*2-7,12H,8-9H2,1H3,(H,19,20);/q;;+2/p-2. The van der Waals surface area contributed by atoms with Crippen LogP contribution >= 0.6 is 0 Å². The fourth-order valence-electron chi connectivity index (χ4n) is 5.47. The summed E-state index contributed by atoms with van der Waals surface area (Å²) in [4.78, 5) is 47.0. The van der Waals surface area contributed by atoms with Gasteiger partial charge in [-0.05, 0) is 51.0 Å². The van der Waals surface area contributed by atoms with Crippen molar-refractivity contribution in [2.45, 2.75) is 51.6 Å². The molecule has 2 atom stereocenters. The number of carbonyl (C=O) groups excluding carboxylic acids is 4. The number of benzene rings is 2. The molecular formula is C32H28CuN2O6. The van der Waals surface area contributed by atoms with Crippen LogP contribution < -0.4 is 10.2 Å². The molecule has 0 spiro atoms. The molecule has 41 heavy (non-hydrogen) atoms. The van der Waals surface area contributed by atoms with Crippen LogP contribution in [0.1, 0.15) is 79.3 Å². The van der Waals surface area contributed by atoms with Crippen LogP contribution in [0.3, 0.4) is 0 Å². The third-order valence-electron chi connectivity index (χ3n) is 7.69. The minimum absolute atomic E-state index is 0. The zero-order valence-electron chi connectivity index (χ0n) is 22.6. The van der Waals surface area contributed by atoms with E-state index in [0.29, 0.717) is 59.8 Å². The summed E-state index contributed by atoms with van der Waals surface area (Å²) in [5.74, 6) is -3.50. The number of nitrogens with zero attached hydrogens (tertiary/aromatic N) is 2. The van der Waals surface area contributed by atoms with Crippen LogP contribution in [0.2, 0.25) is 0 Å². The smallest absolute Gasteiger partial charge is 0.549 e. The zero-order chi connectivity index (χ0) is 28.6. The molecule has 0 aliphatic carbocycles. The Morgan fingerprint density at radius 3 is 1.24 bits per heavy atom. The monoisotopic (exact) mass is 599 g/mol. The molecule has 0 fully saturated rings. The molecule has 4 aromatic rings. The van der Waals surface area contributed by atoms with Crippen molar-refractivity contribution in [2.75, 3.05) is 0 Å². The van der Waals surface area contributed by atoms with Gasteiger partial charge in [-0.1, -0.05) is 59.7 Å². The van der Waals surface area contributed by atoms with Crippen molar-refractivity contribution in [3.05, 3.63) is 118 Å². The van der Waals surface area contributed by atoms with Crippen LogP contribution in [0, 0.1) is 13.8 Å². The zero-order valence-corrected chi connectivity index (χ0v) is 23.5. The van der Waals surface area contributed by atoms with Gasteiger partial charge in [-0.25, -0.2) is 0 Å². The average molecular weight is 600 g/mol. The molecule has 2 unspecified atom stereocenters. The first-order valence-electron chi connectivity index (χ1n) is 13.2. The van der Waals surface area contributed by atoms with Crippen molar-refractivity contribution in [1.82, 2.24) is 9.13 Å². The molecule has 4 heterocycles. The number of aryl methyl sites for hydroxylation is 2. The summed E-state index contributed by atoms with van der Waals surface area (Å²) < 4.78 is 3.59. The Labute approximate surface area is 248 Å². The molecule has 0 amide bonds. The first kappa shape index (κ1) is 29.8. The maximum atomic E-state index is 12.5. The summed E-state index contributed by atoms with van der Waals surface area (Å²) in [6.07, 6.45) is 0.985. The Balaban J connectivity index is 0.000000184. The van der Waals surface area contributed by atoms with E-state index < -0.39 is 23.8 Å². The van der Waals surface area contributed by atoms with E-state index in [2.05, 4.69) is 0 Å². The normalized spacial score (nSPS) is 16.5. The number of fused-ring (bicyclic) bond motifs is 2. The van der Waals surface area contributed by atoms with Gasteiger partial charge in [0.05, 0.1) is 23.3 Å². The van der Waals surface area contributed by atoms with E-state index in [4.69, 9.17) is 0 Å². The Morgan fingerprint density at radius 1 is 0.585 bits per heavy atom. The molecule has 0 N–H and O–H groups in total. The van der Waals surface area contributed by atoms with Gasteiger partial charge in [0.25, 0.3) is 0 Å². The van der Waals surface area contributed by atoms with Crippen LogP contribution in [-0.2, 0) is 39.7 Å². The topological polar surface area (TPSA) is 124 Å². The molecule has 2 aromatic heterocycles. The molecule has 9 heteroatoms. The van der Waals surface area contributed by atoms with Crippen molar-refractivity contribution in [3.63, 3.8) is 0 Å². The third kappa shape index (κ3) is 5.82. The van der Waals surface area contributed by atoms with E-state index in [9.17, 15) is 29.4 Å². The van der Waals surface area contributed by atoms with E-state index in [0.717, 1.165) is 11.1 Å². The van der Waals surface area contributed by atoms with Gasteiger partial charge in [0.2, 0.25) is 11.6 Å². The van der Waals surface area contributed by atoms with Gasteiger partial charge in [-0.15, -0.1) is 0 Å². The summed E-state index contributed by atoms with van der Waals surface area (Å²) >= 11 is 0. The molecule has 2 aliphatic heterocycles. The number of carboxylic acids is 2. The molecular weight excluding hydrogens is 572 g/mol. The number of carboxylic acid groups (broad SMARTS) is 2. The Kier molecular flexibility index (Phi) is 8.80. The summed E-state index contributed by atoms with van der Waals surface area (Å²) in [6, 6.07) is 21.6. The number of hydrogen-bond acceptors (Lipinski definition) is 6. The second-order valence-electron chi connectivity index (χ2n) is 10.3. The molecule has 213 valence electrons. The van der Waals surface area contributed by atoms with Crippen LogP contribution in [-0.4, -0.2) is 32.6 Å².